The van der Waals surface area contributed by atoms with Crippen molar-refractivity contribution in [2.75, 3.05) is 0 Å². The van der Waals surface area contributed by atoms with E-state index in [1.165, 1.54) is 16.7 Å². The summed E-state index contributed by atoms with van der Waals surface area (Å²) in [4.78, 5) is 0. The zero-order valence-corrected chi connectivity index (χ0v) is 18.2. The molecule has 0 saturated carbocycles. The number of hydrogen-bond acceptors (Lipinski definition) is 0. The predicted octanol–water partition coefficient (Wildman–Crippen LogP) is 4.93. The maximum absolute atomic E-state index is 6.94. The van der Waals surface area contributed by atoms with Crippen molar-refractivity contribution in [2.45, 2.75) is 54.0 Å². The molecule has 1 aliphatic carbocycles. The molecule has 0 aromatic carbocycles. The molecule has 0 fully saturated rings. The van der Waals surface area contributed by atoms with Crippen LogP contribution in [-0.4, -0.2) is 13.2 Å². The van der Waals surface area contributed by atoms with Crippen LogP contribution in [0.5, 0.6) is 0 Å². The van der Waals surface area contributed by atoms with Crippen LogP contribution < -0.4 is 0 Å². The van der Waals surface area contributed by atoms with E-state index in [1.807, 2.05) is 47.6 Å². The molecule has 0 aromatic heterocycles. The standard InChI is InChI=1S/C9H13.C4H10N.CH3.2ClH.H2Si.Ti/c1-6-5-7(2)9(4)8(6)3;1-4(2,3)5;;;;;/h6H,1-4H3;5H,1-3H3;1H3;2*1H;1H2;/q3*-1;;;;. The van der Waals surface area contributed by atoms with Crippen LogP contribution >= 0.6 is 24.8 Å². The van der Waals surface area contributed by atoms with Gasteiger partial charge in [-0.25, -0.2) is 5.57 Å². The van der Waals surface area contributed by atoms with E-state index in [0.29, 0.717) is 5.92 Å². The molecule has 1 unspecified atom stereocenters. The minimum absolute atomic E-state index is 0. The van der Waals surface area contributed by atoms with Gasteiger partial charge in [0.25, 0.3) is 0 Å². The van der Waals surface area contributed by atoms with E-state index in [-0.39, 0.29) is 37.8 Å². The number of hydrogen-bond donors (Lipinski definition) is 0. The molecule has 1 N–H and O–H groups in total. The topological polar surface area (TPSA) is 23.8 Å². The Balaban J connectivity index is -0.0000000581. The van der Waals surface area contributed by atoms with Crippen LogP contribution in [0.3, 0.4) is 0 Å². The minimum atomic E-state index is -0.250. The van der Waals surface area contributed by atoms with Gasteiger partial charge in [-0.2, -0.15) is 11.1 Å². The average molecular weight is 359 g/mol. The van der Waals surface area contributed by atoms with E-state index in [1.54, 1.807) is 0 Å². The molecule has 0 radical (unpaired) electrons. The molecule has 1 atom stereocenters. The third kappa shape index (κ3) is 19.0. The predicted molar refractivity (Wildman–Crippen MR) is 93.5 cm³/mol. The molecule has 0 spiro atoms. The van der Waals surface area contributed by atoms with Crippen molar-refractivity contribution < 1.29 is 19.2 Å². The summed E-state index contributed by atoms with van der Waals surface area (Å²) in [6.07, 6.45) is 3.36. The van der Waals surface area contributed by atoms with Gasteiger partial charge in [-0.1, -0.05) is 47.5 Å². The third-order valence-corrected chi connectivity index (χ3v) is 2.24. The summed E-state index contributed by atoms with van der Waals surface area (Å²) in [5.74, 6) is 0.560. The van der Waals surface area contributed by atoms with Crippen LogP contribution in [-0.2, 0) is 19.2 Å². The van der Waals surface area contributed by atoms with Gasteiger partial charge < -0.3 is 13.2 Å². The number of rotatable bonds is 0. The molecule has 116 valence electrons. The molecule has 0 bridgehead atoms. The van der Waals surface area contributed by atoms with Gasteiger partial charge in [0.2, 0.25) is 0 Å². The molecule has 1 rings (SSSR count). The quantitative estimate of drug-likeness (QED) is 0.432. The summed E-state index contributed by atoms with van der Waals surface area (Å²) >= 11 is 2.03. The van der Waals surface area contributed by atoms with Crippen molar-refractivity contribution in [1.82, 2.24) is 0 Å². The van der Waals surface area contributed by atoms with E-state index in [2.05, 4.69) is 33.8 Å². The van der Waals surface area contributed by atoms with Crippen molar-refractivity contribution in [2.24, 2.45) is 5.92 Å². The van der Waals surface area contributed by atoms with E-state index < -0.39 is 0 Å². The second-order valence-corrected chi connectivity index (χ2v) is 5.05. The molecule has 1 aliphatic rings. The fourth-order valence-electron chi connectivity index (χ4n) is 1.16. The van der Waals surface area contributed by atoms with Gasteiger partial charge in [0.05, 0.1) is 0 Å². The van der Waals surface area contributed by atoms with Crippen molar-refractivity contribution in [3.63, 3.8) is 0 Å². The Hall–Kier alpha value is 0.951. The zero-order valence-electron chi connectivity index (χ0n) is 13.6. The second kappa shape index (κ2) is 15.3. The van der Waals surface area contributed by atoms with Gasteiger partial charge in [0.1, 0.15) is 0 Å². The molecular weight excluding hydrogens is 329 g/mol. The van der Waals surface area contributed by atoms with Crippen molar-refractivity contribution >= 4 is 32.4 Å². The number of nitrogens with one attached hydrogen (secondary N) is 1. The van der Waals surface area contributed by atoms with Crippen molar-refractivity contribution in [3.05, 3.63) is 36.0 Å². The fourth-order valence-corrected chi connectivity index (χ4v) is 1.16. The third-order valence-electron chi connectivity index (χ3n) is 2.24. The van der Waals surface area contributed by atoms with Crippen LogP contribution in [0, 0.1) is 19.4 Å². The van der Waals surface area contributed by atoms with Crippen molar-refractivity contribution in [3.8, 4) is 0 Å². The Bertz CT molecular complexity index is 278. The molecule has 1 nitrogen and oxygen atoms in total. The summed E-state index contributed by atoms with van der Waals surface area (Å²) in [5, 5.41) is 0. The Morgan fingerprint density at radius 3 is 1.42 bits per heavy atom. The molecule has 0 amide bonds. The van der Waals surface area contributed by atoms with Crippen LogP contribution in [0.15, 0.2) is 16.7 Å². The van der Waals surface area contributed by atoms with E-state index in [0.717, 1.165) is 0 Å². The Kier molecular flexibility index (Phi) is 25.9. The first kappa shape index (κ1) is 32.1. The second-order valence-electron chi connectivity index (χ2n) is 5.05. The van der Waals surface area contributed by atoms with E-state index in [4.69, 9.17) is 5.73 Å². The van der Waals surface area contributed by atoms with Crippen molar-refractivity contribution in [1.29, 1.82) is 0 Å². The summed E-state index contributed by atoms with van der Waals surface area (Å²) < 4.78 is 0. The normalized spacial score (nSPS) is 16.2. The average Bonchev–Trinajstić information content (AvgIpc) is 2.34. The van der Waals surface area contributed by atoms with Gasteiger partial charge in [-0.15, -0.1) is 37.3 Å². The van der Waals surface area contributed by atoms with Crippen LogP contribution in [0.2, 0.25) is 0 Å². The molecule has 0 heterocycles. The van der Waals surface area contributed by atoms with E-state index in [9.17, 15) is 0 Å². The van der Waals surface area contributed by atoms with Gasteiger partial charge in [-0.3, -0.25) is 6.08 Å². The zero-order chi connectivity index (χ0) is 13.5. The van der Waals surface area contributed by atoms with Gasteiger partial charge in [0.15, 0.2) is 0 Å². The first-order valence-corrected chi connectivity index (χ1v) is 9.53. The van der Waals surface area contributed by atoms with Crippen LogP contribution in [0.1, 0.15) is 48.5 Å². The van der Waals surface area contributed by atoms with Gasteiger partial charge in [0, 0.05) is 0 Å². The molecular formula is C14H30Cl2NSiTi-3. The molecule has 0 aliphatic heterocycles. The summed E-state index contributed by atoms with van der Waals surface area (Å²) in [7, 11) is 1.86. The molecule has 0 aromatic rings. The summed E-state index contributed by atoms with van der Waals surface area (Å²) in [6.45, 7) is 14.2. The fraction of sp³-hybridized carbons (Fsp3) is 0.643. The molecule has 0 saturated heterocycles. The summed E-state index contributed by atoms with van der Waals surface area (Å²) in [6, 6.07) is 0. The molecule has 5 heteroatoms. The van der Waals surface area contributed by atoms with E-state index >= 15 is 0 Å². The number of allylic oxidation sites excluding steroid dienone is 4. The molecule has 19 heavy (non-hydrogen) atoms. The summed E-state index contributed by atoms with van der Waals surface area (Å²) in [5.41, 5.74) is 10.9. The maximum atomic E-state index is 6.94. The SMILES string of the molecule is CC(C)(C)[NH-].CC1=[C-]C(C)C(C)=C1C.Cl.Cl.[CH3-].[SiH2]=[Ti]. The Morgan fingerprint density at radius 2 is 1.37 bits per heavy atom. The number of halogens is 2. The Labute approximate surface area is 147 Å². The van der Waals surface area contributed by atoms with Gasteiger partial charge in [-0.05, 0) is 0 Å². The van der Waals surface area contributed by atoms with Crippen LogP contribution in [0.25, 0.3) is 5.73 Å². The van der Waals surface area contributed by atoms with Crippen LogP contribution in [0.4, 0.5) is 0 Å². The monoisotopic (exact) mass is 358 g/mol. The Morgan fingerprint density at radius 1 is 1.11 bits per heavy atom. The first-order chi connectivity index (χ1) is 7.13. The first-order valence-electron chi connectivity index (χ1n) is 5.51. The van der Waals surface area contributed by atoms with Gasteiger partial charge >= 0.3 is 26.8 Å².